The van der Waals surface area contributed by atoms with Crippen LogP contribution in [0.5, 0.6) is 0 Å². The Hall–Kier alpha value is -1.65. The van der Waals surface area contributed by atoms with E-state index in [0.717, 1.165) is 42.3 Å². The van der Waals surface area contributed by atoms with Crippen LogP contribution in [0.2, 0.25) is 5.02 Å². The minimum atomic E-state index is -0.821. The van der Waals surface area contributed by atoms with Crippen LogP contribution in [0, 0.1) is 5.92 Å². The van der Waals surface area contributed by atoms with Gasteiger partial charge in [0.05, 0.1) is 21.7 Å². The van der Waals surface area contributed by atoms with E-state index in [0.29, 0.717) is 22.4 Å². The van der Waals surface area contributed by atoms with Gasteiger partial charge in [-0.1, -0.05) is 50.3 Å². The molecule has 0 saturated heterocycles. The number of carbonyl (C=O) groups is 1. The zero-order valence-electron chi connectivity index (χ0n) is 16.5. The van der Waals surface area contributed by atoms with Crippen molar-refractivity contribution in [3.8, 4) is 0 Å². The SMILES string of the molecule is C[C@@H]1CCC[C@](O)(CNC(=O)c2c(Cl)ccc3nc(C4CCCC4)ccc23)C1. The van der Waals surface area contributed by atoms with E-state index in [9.17, 15) is 9.90 Å². The Kier molecular flexibility index (Phi) is 5.62. The highest BCUT2D eigenvalue weighted by molar-refractivity contribution is 6.35. The minimum Gasteiger partial charge on any atom is -0.388 e. The first kappa shape index (κ1) is 19.7. The highest BCUT2D eigenvalue weighted by Crippen LogP contribution is 2.35. The van der Waals surface area contributed by atoms with E-state index in [4.69, 9.17) is 16.6 Å². The molecule has 2 aliphatic carbocycles. The van der Waals surface area contributed by atoms with Gasteiger partial charge in [0.15, 0.2) is 0 Å². The average molecular weight is 401 g/mol. The Morgan fingerprint density at radius 2 is 2.00 bits per heavy atom. The van der Waals surface area contributed by atoms with Crippen LogP contribution in [-0.2, 0) is 0 Å². The molecular weight excluding hydrogens is 372 g/mol. The molecule has 0 spiro atoms. The maximum atomic E-state index is 13.0. The number of amides is 1. The Labute approximate surface area is 171 Å². The van der Waals surface area contributed by atoms with Crippen LogP contribution in [0.15, 0.2) is 24.3 Å². The molecule has 2 aromatic rings. The van der Waals surface area contributed by atoms with E-state index in [1.165, 1.54) is 25.7 Å². The number of aliphatic hydroxyl groups is 1. The number of carbonyl (C=O) groups excluding carboxylic acids is 1. The van der Waals surface area contributed by atoms with E-state index in [2.05, 4.69) is 12.2 Å². The van der Waals surface area contributed by atoms with Gasteiger partial charge in [0.2, 0.25) is 0 Å². The summed E-state index contributed by atoms with van der Waals surface area (Å²) in [5.41, 5.74) is 1.56. The van der Waals surface area contributed by atoms with Gasteiger partial charge in [-0.25, -0.2) is 0 Å². The number of halogens is 1. The maximum Gasteiger partial charge on any atom is 0.253 e. The molecule has 0 aliphatic heterocycles. The predicted octanol–water partition coefficient (Wildman–Crippen LogP) is 5.22. The number of rotatable bonds is 4. The molecule has 5 heteroatoms. The van der Waals surface area contributed by atoms with Gasteiger partial charge in [-0.05, 0) is 49.8 Å². The molecule has 2 saturated carbocycles. The van der Waals surface area contributed by atoms with Crippen LogP contribution in [0.25, 0.3) is 10.9 Å². The summed E-state index contributed by atoms with van der Waals surface area (Å²) in [5.74, 6) is 0.771. The lowest BCUT2D eigenvalue weighted by atomic mass is 9.79. The third kappa shape index (κ3) is 4.04. The molecule has 0 unspecified atom stereocenters. The summed E-state index contributed by atoms with van der Waals surface area (Å²) in [6, 6.07) is 7.67. The maximum absolute atomic E-state index is 13.0. The number of fused-ring (bicyclic) bond motifs is 1. The standard InChI is InChI=1S/C23H29ClN2O2/c1-15-5-4-12-23(28,13-15)14-25-22(27)21-17-8-10-19(16-6-2-3-7-16)26-20(17)11-9-18(21)24/h8-11,15-16,28H,2-7,12-14H2,1H3,(H,25,27)/t15-,23-/m1/s1. The van der Waals surface area contributed by atoms with Crippen molar-refractivity contribution in [1.82, 2.24) is 10.3 Å². The van der Waals surface area contributed by atoms with Crippen LogP contribution >= 0.6 is 11.6 Å². The highest BCUT2D eigenvalue weighted by atomic mass is 35.5. The van der Waals surface area contributed by atoms with Crippen molar-refractivity contribution in [1.29, 1.82) is 0 Å². The fourth-order valence-corrected chi connectivity index (χ4v) is 5.25. The van der Waals surface area contributed by atoms with Crippen molar-refractivity contribution in [3.05, 3.63) is 40.5 Å². The summed E-state index contributed by atoms with van der Waals surface area (Å²) < 4.78 is 0. The molecule has 4 nitrogen and oxygen atoms in total. The van der Waals surface area contributed by atoms with Gasteiger partial charge in [-0.2, -0.15) is 0 Å². The topological polar surface area (TPSA) is 62.2 Å². The summed E-state index contributed by atoms with van der Waals surface area (Å²) >= 11 is 6.39. The fraction of sp³-hybridized carbons (Fsp3) is 0.565. The molecule has 1 aromatic carbocycles. The van der Waals surface area contributed by atoms with E-state index >= 15 is 0 Å². The Balaban J connectivity index is 1.56. The highest BCUT2D eigenvalue weighted by Gasteiger charge is 2.33. The van der Waals surface area contributed by atoms with Gasteiger partial charge < -0.3 is 10.4 Å². The lowest BCUT2D eigenvalue weighted by molar-refractivity contribution is -0.0109. The minimum absolute atomic E-state index is 0.238. The van der Waals surface area contributed by atoms with Gasteiger partial charge in [0, 0.05) is 23.5 Å². The second-order valence-electron chi connectivity index (χ2n) is 8.82. The van der Waals surface area contributed by atoms with Crippen LogP contribution in [0.3, 0.4) is 0 Å². The number of nitrogens with zero attached hydrogens (tertiary/aromatic N) is 1. The number of aromatic nitrogens is 1. The number of hydrogen-bond donors (Lipinski definition) is 2. The molecule has 0 radical (unpaired) electrons. The van der Waals surface area contributed by atoms with Crippen molar-refractivity contribution < 1.29 is 9.90 Å². The summed E-state index contributed by atoms with van der Waals surface area (Å²) in [7, 11) is 0. The quantitative estimate of drug-likeness (QED) is 0.739. The number of nitrogens with one attached hydrogen (secondary N) is 1. The predicted molar refractivity (Wildman–Crippen MR) is 113 cm³/mol. The zero-order valence-corrected chi connectivity index (χ0v) is 17.3. The van der Waals surface area contributed by atoms with E-state index < -0.39 is 5.60 Å². The second-order valence-corrected chi connectivity index (χ2v) is 9.22. The van der Waals surface area contributed by atoms with Gasteiger partial charge in [-0.15, -0.1) is 0 Å². The summed E-state index contributed by atoms with van der Waals surface area (Å²) in [6.45, 7) is 2.41. The van der Waals surface area contributed by atoms with Crippen molar-refractivity contribution in [2.24, 2.45) is 5.92 Å². The van der Waals surface area contributed by atoms with Crippen molar-refractivity contribution >= 4 is 28.4 Å². The first-order chi connectivity index (χ1) is 13.5. The van der Waals surface area contributed by atoms with Crippen LogP contribution in [0.4, 0.5) is 0 Å². The summed E-state index contributed by atoms with van der Waals surface area (Å²) in [6.07, 6.45) is 8.50. The largest absolute Gasteiger partial charge is 0.388 e. The van der Waals surface area contributed by atoms with Crippen molar-refractivity contribution in [2.75, 3.05) is 6.54 Å². The Morgan fingerprint density at radius 3 is 2.75 bits per heavy atom. The van der Waals surface area contributed by atoms with E-state index in [1.807, 2.05) is 18.2 Å². The number of pyridine rings is 1. The number of benzene rings is 1. The first-order valence-corrected chi connectivity index (χ1v) is 10.9. The Morgan fingerprint density at radius 1 is 1.21 bits per heavy atom. The molecule has 2 atom stereocenters. The monoisotopic (exact) mass is 400 g/mol. The third-order valence-electron chi connectivity index (χ3n) is 6.49. The smallest absolute Gasteiger partial charge is 0.253 e. The fourth-order valence-electron chi connectivity index (χ4n) is 5.00. The van der Waals surface area contributed by atoms with Gasteiger partial charge in [0.1, 0.15) is 0 Å². The lowest BCUT2D eigenvalue weighted by Gasteiger charge is -2.35. The lowest BCUT2D eigenvalue weighted by Crippen LogP contribution is -2.45. The molecule has 1 amide bonds. The molecule has 1 heterocycles. The molecule has 2 aliphatic rings. The average Bonchev–Trinajstić information content (AvgIpc) is 3.20. The molecule has 4 rings (SSSR count). The molecule has 150 valence electrons. The van der Waals surface area contributed by atoms with E-state index in [1.54, 1.807) is 6.07 Å². The van der Waals surface area contributed by atoms with E-state index in [-0.39, 0.29) is 12.5 Å². The molecule has 1 aromatic heterocycles. The van der Waals surface area contributed by atoms with Gasteiger partial charge in [0.25, 0.3) is 5.91 Å². The molecule has 0 bridgehead atoms. The number of hydrogen-bond acceptors (Lipinski definition) is 3. The molecule has 28 heavy (non-hydrogen) atoms. The Bertz CT molecular complexity index is 878. The van der Waals surface area contributed by atoms with Crippen molar-refractivity contribution in [2.45, 2.75) is 69.8 Å². The van der Waals surface area contributed by atoms with Crippen LogP contribution in [0.1, 0.15) is 80.3 Å². The summed E-state index contributed by atoms with van der Waals surface area (Å²) in [5, 5.41) is 14.9. The van der Waals surface area contributed by atoms with Crippen LogP contribution in [-0.4, -0.2) is 28.1 Å². The normalized spacial score (nSPS) is 25.9. The molecule has 2 fully saturated rings. The van der Waals surface area contributed by atoms with Crippen molar-refractivity contribution in [3.63, 3.8) is 0 Å². The zero-order chi connectivity index (χ0) is 19.7. The second kappa shape index (κ2) is 8.00. The van der Waals surface area contributed by atoms with Gasteiger partial charge in [-0.3, -0.25) is 9.78 Å². The molecular formula is C23H29ClN2O2. The first-order valence-electron chi connectivity index (χ1n) is 10.5. The summed E-state index contributed by atoms with van der Waals surface area (Å²) in [4.78, 5) is 17.8. The van der Waals surface area contributed by atoms with Crippen LogP contribution < -0.4 is 5.32 Å². The molecule has 2 N–H and O–H groups in total. The van der Waals surface area contributed by atoms with Gasteiger partial charge >= 0.3 is 0 Å². The third-order valence-corrected chi connectivity index (χ3v) is 6.80.